The largest absolute Gasteiger partial charge is 0.493 e. The fourth-order valence-corrected chi connectivity index (χ4v) is 5.49. The second-order valence-electron chi connectivity index (χ2n) is 10.9. The van der Waals surface area contributed by atoms with Crippen LogP contribution in [0.3, 0.4) is 0 Å². The molecule has 5 rings (SSSR count). The van der Waals surface area contributed by atoms with Crippen LogP contribution in [0.1, 0.15) is 51.8 Å². The summed E-state index contributed by atoms with van der Waals surface area (Å²) in [6.45, 7) is 9.84. The van der Waals surface area contributed by atoms with Gasteiger partial charge in [0.15, 0.2) is 0 Å². The van der Waals surface area contributed by atoms with Gasteiger partial charge in [-0.25, -0.2) is 0 Å². The van der Waals surface area contributed by atoms with Crippen molar-refractivity contribution < 1.29 is 9.47 Å². The minimum Gasteiger partial charge on any atom is -0.493 e. The van der Waals surface area contributed by atoms with Crippen LogP contribution in [0.5, 0.6) is 11.5 Å². The second kappa shape index (κ2) is 15.9. The number of hydrogen-bond donors (Lipinski definition) is 0. The second-order valence-corrected chi connectivity index (χ2v) is 11.5. The molecule has 0 spiro atoms. The zero-order valence-electron chi connectivity index (χ0n) is 25.2. The van der Waals surface area contributed by atoms with Crippen LogP contribution in [0, 0.1) is 0 Å². The van der Waals surface area contributed by atoms with Crippen LogP contribution in [0.25, 0.3) is 11.1 Å². The minimum atomic E-state index is 0.649. The van der Waals surface area contributed by atoms with E-state index in [2.05, 4.69) is 114 Å². The number of ether oxygens (including phenoxy) is 2. The zero-order valence-corrected chi connectivity index (χ0v) is 26.8. The molecule has 44 heavy (non-hydrogen) atoms. The number of rotatable bonds is 15. The summed E-state index contributed by atoms with van der Waals surface area (Å²) in [5, 5.41) is 0.752. The fourth-order valence-electron chi connectivity index (χ4n) is 5.16. The Kier molecular flexibility index (Phi) is 11.3. The van der Waals surface area contributed by atoms with Crippen molar-refractivity contribution in [3.63, 3.8) is 0 Å². The van der Waals surface area contributed by atoms with E-state index in [1.807, 2.05) is 42.5 Å². The molecular weight excluding hydrogens is 604 g/mol. The lowest BCUT2D eigenvalue weighted by Gasteiger charge is -2.12. The Hall–Kier alpha value is -4.34. The van der Waals surface area contributed by atoms with Gasteiger partial charge in [0.2, 0.25) is 0 Å². The van der Waals surface area contributed by atoms with Gasteiger partial charge in [-0.2, -0.15) is 0 Å². The molecule has 0 aliphatic rings. The molecule has 0 radical (unpaired) electrons. The third-order valence-corrected chi connectivity index (χ3v) is 8.35. The Balaban J connectivity index is 1.05. The standard InChI is InChI=1S/C41H39BrO2/c1-31(36-13-5-3-6-14-36)38-21-17-33(18-22-38)11-9-25-43-40-27-35(30-42)28-41(29-40)44-26-10-12-34-19-23-39(24-20-34)32(2)37-15-7-4-8-16-37/h3-8,13-24,27-29H,1-2,9-12,25-26,30H2. The van der Waals surface area contributed by atoms with Crippen LogP contribution in [0.4, 0.5) is 0 Å². The van der Waals surface area contributed by atoms with Gasteiger partial charge in [0.1, 0.15) is 11.5 Å². The maximum absolute atomic E-state index is 6.15. The van der Waals surface area contributed by atoms with E-state index in [1.165, 1.54) is 11.1 Å². The van der Waals surface area contributed by atoms with Crippen molar-refractivity contribution in [3.05, 3.63) is 179 Å². The summed E-state index contributed by atoms with van der Waals surface area (Å²) in [4.78, 5) is 0. The lowest BCUT2D eigenvalue weighted by atomic mass is 9.98. The Morgan fingerprint density at radius 1 is 0.477 bits per heavy atom. The van der Waals surface area contributed by atoms with E-state index in [1.54, 1.807) is 0 Å². The molecule has 0 unspecified atom stereocenters. The smallest absolute Gasteiger partial charge is 0.123 e. The van der Waals surface area contributed by atoms with Crippen LogP contribution < -0.4 is 9.47 Å². The molecule has 5 aromatic carbocycles. The summed E-state index contributed by atoms with van der Waals surface area (Å²) in [5.74, 6) is 1.70. The quantitative estimate of drug-likeness (QED) is 0.0835. The van der Waals surface area contributed by atoms with Crippen LogP contribution >= 0.6 is 15.9 Å². The predicted octanol–water partition coefficient (Wildman–Crippen LogP) is 10.7. The summed E-state index contributed by atoms with van der Waals surface area (Å²) < 4.78 is 12.3. The van der Waals surface area contributed by atoms with Gasteiger partial charge in [-0.15, -0.1) is 0 Å². The van der Waals surface area contributed by atoms with Crippen LogP contribution in [-0.4, -0.2) is 13.2 Å². The van der Waals surface area contributed by atoms with E-state index in [0.29, 0.717) is 13.2 Å². The Morgan fingerprint density at radius 2 is 0.864 bits per heavy atom. The molecule has 5 aromatic rings. The fraction of sp³-hybridized carbons (Fsp3) is 0.171. The van der Waals surface area contributed by atoms with Gasteiger partial charge < -0.3 is 9.47 Å². The number of hydrogen-bond acceptors (Lipinski definition) is 2. The molecule has 0 aliphatic heterocycles. The average molecular weight is 644 g/mol. The summed E-state index contributed by atoms with van der Waals surface area (Å²) in [7, 11) is 0. The van der Waals surface area contributed by atoms with Crippen molar-refractivity contribution in [2.24, 2.45) is 0 Å². The molecule has 0 heterocycles. The maximum Gasteiger partial charge on any atom is 0.123 e. The molecule has 0 amide bonds. The molecule has 0 saturated carbocycles. The third kappa shape index (κ3) is 8.84. The first-order valence-electron chi connectivity index (χ1n) is 15.2. The predicted molar refractivity (Wildman–Crippen MR) is 189 cm³/mol. The first-order chi connectivity index (χ1) is 21.6. The highest BCUT2D eigenvalue weighted by Crippen LogP contribution is 2.26. The number of aryl methyl sites for hydroxylation is 2. The van der Waals surface area contributed by atoms with Crippen LogP contribution in [0.15, 0.2) is 141 Å². The normalized spacial score (nSPS) is 10.8. The van der Waals surface area contributed by atoms with Crippen molar-refractivity contribution in [1.82, 2.24) is 0 Å². The van der Waals surface area contributed by atoms with E-state index in [4.69, 9.17) is 9.47 Å². The molecule has 0 fully saturated rings. The highest BCUT2D eigenvalue weighted by molar-refractivity contribution is 9.08. The first-order valence-corrected chi connectivity index (χ1v) is 16.3. The van der Waals surface area contributed by atoms with E-state index < -0.39 is 0 Å². The monoisotopic (exact) mass is 642 g/mol. The number of alkyl halides is 1. The highest BCUT2D eigenvalue weighted by atomic mass is 79.9. The maximum atomic E-state index is 6.15. The van der Waals surface area contributed by atoms with E-state index in [-0.39, 0.29) is 0 Å². The SMILES string of the molecule is C=C(c1ccccc1)c1ccc(CCCOc2cc(CBr)cc(OCCCc3ccc(C(=C)c4ccccc4)cc3)c2)cc1. The molecule has 0 saturated heterocycles. The summed E-state index contributed by atoms with van der Waals surface area (Å²) in [6.07, 6.45) is 3.79. The Labute approximate surface area is 270 Å². The zero-order chi connectivity index (χ0) is 30.6. The van der Waals surface area contributed by atoms with E-state index >= 15 is 0 Å². The highest BCUT2D eigenvalue weighted by Gasteiger charge is 2.06. The minimum absolute atomic E-state index is 0.649. The third-order valence-electron chi connectivity index (χ3n) is 7.70. The Bertz CT molecular complexity index is 1520. The summed E-state index contributed by atoms with van der Waals surface area (Å²) in [5.41, 5.74) is 10.4. The molecule has 0 aromatic heterocycles. The number of halogens is 1. The molecule has 0 atom stereocenters. The summed E-state index contributed by atoms with van der Waals surface area (Å²) in [6, 6.07) is 44.2. The molecule has 0 aliphatic carbocycles. The lowest BCUT2D eigenvalue weighted by Crippen LogP contribution is -2.02. The van der Waals surface area contributed by atoms with Crippen LogP contribution in [-0.2, 0) is 18.2 Å². The van der Waals surface area contributed by atoms with Crippen molar-refractivity contribution >= 4 is 27.1 Å². The molecule has 222 valence electrons. The van der Waals surface area contributed by atoms with Gasteiger partial charge in [0.25, 0.3) is 0 Å². The molecule has 0 N–H and O–H groups in total. The lowest BCUT2D eigenvalue weighted by molar-refractivity contribution is 0.295. The van der Waals surface area contributed by atoms with Crippen LogP contribution in [0.2, 0.25) is 0 Å². The van der Waals surface area contributed by atoms with Crippen molar-refractivity contribution in [3.8, 4) is 11.5 Å². The average Bonchev–Trinajstić information content (AvgIpc) is 3.09. The van der Waals surface area contributed by atoms with Gasteiger partial charge in [-0.3, -0.25) is 0 Å². The van der Waals surface area contributed by atoms with Crippen molar-refractivity contribution in [1.29, 1.82) is 0 Å². The molecule has 3 heteroatoms. The Morgan fingerprint density at radius 3 is 1.25 bits per heavy atom. The van der Waals surface area contributed by atoms with Gasteiger partial charge in [0, 0.05) is 11.4 Å². The number of benzene rings is 5. The van der Waals surface area contributed by atoms with Gasteiger partial charge in [0.05, 0.1) is 13.2 Å². The van der Waals surface area contributed by atoms with Gasteiger partial charge in [-0.05, 0) is 87.9 Å². The van der Waals surface area contributed by atoms with E-state index in [0.717, 1.165) is 81.5 Å². The van der Waals surface area contributed by atoms with Crippen molar-refractivity contribution in [2.45, 2.75) is 31.0 Å². The first kappa shape index (κ1) is 31.1. The van der Waals surface area contributed by atoms with Gasteiger partial charge >= 0.3 is 0 Å². The summed E-state index contributed by atoms with van der Waals surface area (Å²) >= 11 is 3.59. The van der Waals surface area contributed by atoms with Gasteiger partial charge in [-0.1, -0.05) is 138 Å². The molecular formula is C41H39BrO2. The molecule has 0 bridgehead atoms. The van der Waals surface area contributed by atoms with Crippen molar-refractivity contribution in [2.75, 3.05) is 13.2 Å². The molecule has 2 nitrogen and oxygen atoms in total. The topological polar surface area (TPSA) is 18.5 Å². The van der Waals surface area contributed by atoms with E-state index in [9.17, 15) is 0 Å².